The lowest BCUT2D eigenvalue weighted by Crippen LogP contribution is -1.88. The Morgan fingerprint density at radius 3 is 1.77 bits per heavy atom. The topological polar surface area (TPSA) is 65.2 Å². The third kappa shape index (κ3) is 4.45. The van der Waals surface area contributed by atoms with Gasteiger partial charge in [-0.3, -0.25) is 9.98 Å². The average molecular weight is 392 g/mol. The van der Waals surface area contributed by atoms with Gasteiger partial charge in [-0.05, 0) is 48.0 Å². The highest BCUT2D eigenvalue weighted by Gasteiger charge is 2.10. The van der Waals surface area contributed by atoms with Gasteiger partial charge in [0.1, 0.15) is 11.5 Å². The Kier molecular flexibility index (Phi) is 5.67. The molecular weight excluding hydrogens is 372 g/mol. The molecule has 4 nitrogen and oxygen atoms in total. The van der Waals surface area contributed by atoms with Crippen molar-refractivity contribution in [2.45, 2.75) is 0 Å². The number of aromatic hydroxyl groups is 2. The van der Waals surface area contributed by atoms with Crippen LogP contribution in [0.4, 0.5) is 11.4 Å². The number of nitrogens with zero attached hydrogens (tertiary/aromatic N) is 2. The van der Waals surface area contributed by atoms with Crippen LogP contribution in [0.5, 0.6) is 11.5 Å². The Bertz CT molecular complexity index is 1200. The first-order chi connectivity index (χ1) is 14.7. The zero-order valence-electron chi connectivity index (χ0n) is 16.2. The quantitative estimate of drug-likeness (QED) is 0.393. The van der Waals surface area contributed by atoms with Crippen LogP contribution in [-0.2, 0) is 0 Å². The fourth-order valence-electron chi connectivity index (χ4n) is 3.04. The Hall–Kier alpha value is -4.18. The minimum atomic E-state index is 0.0925. The van der Waals surface area contributed by atoms with E-state index in [9.17, 15) is 10.2 Å². The lowest BCUT2D eigenvalue weighted by molar-refractivity contribution is 0.473. The molecule has 4 heteroatoms. The van der Waals surface area contributed by atoms with Crippen molar-refractivity contribution in [2.24, 2.45) is 9.98 Å². The molecule has 0 saturated carbocycles. The molecule has 4 aromatic rings. The van der Waals surface area contributed by atoms with Crippen LogP contribution in [0.2, 0.25) is 0 Å². The highest BCUT2D eigenvalue weighted by atomic mass is 16.3. The monoisotopic (exact) mass is 392 g/mol. The number of para-hydroxylation sites is 3. The smallest absolute Gasteiger partial charge is 0.132 e. The van der Waals surface area contributed by atoms with Crippen LogP contribution in [0, 0.1) is 0 Å². The SMILES string of the molecule is Oc1cc(-c2cccc(C=Nc3ccccc3)c2O)ccc1C=Nc1ccccc1. The molecule has 0 atom stereocenters. The average Bonchev–Trinajstić information content (AvgIpc) is 2.79. The summed E-state index contributed by atoms with van der Waals surface area (Å²) in [5.41, 5.74) is 4.14. The number of aliphatic imine (C=N–C) groups is 2. The Labute approximate surface area is 175 Å². The van der Waals surface area contributed by atoms with Crippen LogP contribution in [0.25, 0.3) is 11.1 Å². The number of phenols is 2. The predicted molar refractivity (Wildman–Crippen MR) is 123 cm³/mol. The molecule has 0 fully saturated rings. The van der Waals surface area contributed by atoms with Crippen molar-refractivity contribution < 1.29 is 10.2 Å². The van der Waals surface area contributed by atoms with Gasteiger partial charge in [0.15, 0.2) is 0 Å². The van der Waals surface area contributed by atoms with Crippen LogP contribution in [0.1, 0.15) is 11.1 Å². The zero-order valence-corrected chi connectivity index (χ0v) is 16.2. The molecule has 0 radical (unpaired) electrons. The minimum Gasteiger partial charge on any atom is -0.507 e. The van der Waals surface area contributed by atoms with E-state index in [-0.39, 0.29) is 11.5 Å². The minimum absolute atomic E-state index is 0.0925. The molecular formula is C26H20N2O2. The van der Waals surface area contributed by atoms with E-state index >= 15 is 0 Å². The van der Waals surface area contributed by atoms with E-state index in [2.05, 4.69) is 9.98 Å². The van der Waals surface area contributed by atoms with Crippen molar-refractivity contribution in [3.63, 3.8) is 0 Å². The van der Waals surface area contributed by atoms with Gasteiger partial charge < -0.3 is 10.2 Å². The second-order valence-electron chi connectivity index (χ2n) is 6.70. The molecule has 0 aliphatic rings. The summed E-state index contributed by atoms with van der Waals surface area (Å²) in [7, 11) is 0. The molecule has 146 valence electrons. The lowest BCUT2D eigenvalue weighted by Gasteiger charge is -2.09. The van der Waals surface area contributed by atoms with Crippen LogP contribution in [0.3, 0.4) is 0 Å². The van der Waals surface area contributed by atoms with Gasteiger partial charge in [0.2, 0.25) is 0 Å². The van der Waals surface area contributed by atoms with Crippen molar-refractivity contribution >= 4 is 23.8 Å². The molecule has 0 aliphatic carbocycles. The first kappa shape index (κ1) is 19.2. The number of hydrogen-bond acceptors (Lipinski definition) is 4. The van der Waals surface area contributed by atoms with Crippen LogP contribution >= 0.6 is 0 Å². The molecule has 0 aliphatic heterocycles. The van der Waals surface area contributed by atoms with Crippen molar-refractivity contribution in [2.75, 3.05) is 0 Å². The van der Waals surface area contributed by atoms with Crippen LogP contribution < -0.4 is 0 Å². The number of rotatable bonds is 5. The molecule has 0 heterocycles. The fraction of sp³-hybridized carbons (Fsp3) is 0. The number of hydrogen-bond donors (Lipinski definition) is 2. The number of phenolic OH excluding ortho intramolecular Hbond substituents is 2. The second kappa shape index (κ2) is 8.88. The third-order valence-electron chi connectivity index (χ3n) is 4.63. The van der Waals surface area contributed by atoms with Gasteiger partial charge in [-0.25, -0.2) is 0 Å². The van der Waals surface area contributed by atoms with Gasteiger partial charge in [-0.2, -0.15) is 0 Å². The highest BCUT2D eigenvalue weighted by molar-refractivity contribution is 5.91. The van der Waals surface area contributed by atoms with E-state index in [4.69, 9.17) is 0 Å². The summed E-state index contributed by atoms with van der Waals surface area (Å²) in [5.74, 6) is 0.206. The summed E-state index contributed by atoms with van der Waals surface area (Å²) in [6, 6.07) is 29.8. The molecule has 0 saturated heterocycles. The fourth-order valence-corrected chi connectivity index (χ4v) is 3.04. The maximum atomic E-state index is 10.7. The molecule has 0 aromatic heterocycles. The highest BCUT2D eigenvalue weighted by Crippen LogP contribution is 2.34. The van der Waals surface area contributed by atoms with E-state index in [1.165, 1.54) is 0 Å². The molecule has 4 aromatic carbocycles. The molecule has 30 heavy (non-hydrogen) atoms. The summed E-state index contributed by atoms with van der Waals surface area (Å²) < 4.78 is 0. The lowest BCUT2D eigenvalue weighted by atomic mass is 10.00. The third-order valence-corrected chi connectivity index (χ3v) is 4.63. The molecule has 0 amide bonds. The first-order valence-corrected chi connectivity index (χ1v) is 9.54. The van der Waals surface area contributed by atoms with Crippen LogP contribution in [0.15, 0.2) is 107 Å². The number of benzene rings is 4. The van der Waals surface area contributed by atoms with Gasteiger partial charge in [0.25, 0.3) is 0 Å². The van der Waals surface area contributed by atoms with Crippen molar-refractivity contribution in [3.8, 4) is 22.6 Å². The van der Waals surface area contributed by atoms with Crippen molar-refractivity contribution in [1.82, 2.24) is 0 Å². The van der Waals surface area contributed by atoms with Gasteiger partial charge in [0.05, 0.1) is 11.4 Å². The predicted octanol–water partition coefficient (Wildman–Crippen LogP) is 6.27. The first-order valence-electron chi connectivity index (χ1n) is 9.54. The molecule has 4 rings (SSSR count). The van der Waals surface area contributed by atoms with E-state index in [1.807, 2.05) is 78.9 Å². The van der Waals surface area contributed by atoms with Crippen molar-refractivity contribution in [1.29, 1.82) is 0 Å². The van der Waals surface area contributed by atoms with Crippen LogP contribution in [-0.4, -0.2) is 22.6 Å². The zero-order chi connectivity index (χ0) is 20.8. The molecule has 0 spiro atoms. The van der Waals surface area contributed by atoms with Gasteiger partial charge in [-0.1, -0.05) is 54.6 Å². The summed E-state index contributed by atoms with van der Waals surface area (Å²) in [6.07, 6.45) is 3.26. The van der Waals surface area contributed by atoms with Gasteiger partial charge >= 0.3 is 0 Å². The summed E-state index contributed by atoms with van der Waals surface area (Å²) in [5, 5.41) is 21.2. The molecule has 0 unspecified atom stereocenters. The van der Waals surface area contributed by atoms with E-state index in [1.54, 1.807) is 30.6 Å². The summed E-state index contributed by atoms with van der Waals surface area (Å²) >= 11 is 0. The Morgan fingerprint density at radius 2 is 1.17 bits per heavy atom. The van der Waals surface area contributed by atoms with Gasteiger partial charge in [0, 0.05) is 29.1 Å². The normalized spacial score (nSPS) is 11.3. The Balaban J connectivity index is 1.60. The summed E-state index contributed by atoms with van der Waals surface area (Å²) in [4.78, 5) is 8.78. The maximum Gasteiger partial charge on any atom is 0.132 e. The van der Waals surface area contributed by atoms with E-state index in [0.29, 0.717) is 22.3 Å². The van der Waals surface area contributed by atoms with Gasteiger partial charge in [-0.15, -0.1) is 0 Å². The van der Waals surface area contributed by atoms with Crippen molar-refractivity contribution in [3.05, 3.63) is 108 Å². The van der Waals surface area contributed by atoms with E-state index < -0.39 is 0 Å². The molecule has 2 N–H and O–H groups in total. The maximum absolute atomic E-state index is 10.7. The standard InChI is InChI=1S/C26H20N2O2/c29-25-16-19(14-15-20(25)17-27-22-9-3-1-4-10-22)24-13-7-8-21(26(24)30)18-28-23-11-5-2-6-12-23/h1-18,29-30H. The summed E-state index contributed by atoms with van der Waals surface area (Å²) in [6.45, 7) is 0. The Morgan fingerprint density at radius 1 is 0.567 bits per heavy atom. The molecule has 0 bridgehead atoms. The largest absolute Gasteiger partial charge is 0.507 e. The second-order valence-corrected chi connectivity index (χ2v) is 6.70. The van der Waals surface area contributed by atoms with E-state index in [0.717, 1.165) is 11.4 Å².